The molecule has 0 aliphatic carbocycles. The van der Waals surface area contributed by atoms with Gasteiger partial charge in [0, 0.05) is 7.11 Å². The molecule has 1 atom stereocenters. The molecule has 0 heterocycles. The molecule has 2 aromatic carbocycles. The minimum atomic E-state index is -3.90. The molecule has 0 saturated carbocycles. The molecule has 7 nitrogen and oxygen atoms in total. The standard InChI is InChI=1S/C22H29NO6S/c1-16-6-12-20(13-7-16)30(25,26)29-19-10-8-17(9-11-19)14-18(15-27-5)23-21(24)28-22(2,3)4/h6-13,18H,14-15H2,1-5H3,(H,23,24). The third-order valence-electron chi connectivity index (χ3n) is 4.01. The zero-order chi connectivity index (χ0) is 22.4. The monoisotopic (exact) mass is 435 g/mol. The van der Waals surface area contributed by atoms with E-state index < -0.39 is 21.8 Å². The first-order valence-corrected chi connectivity index (χ1v) is 11.0. The molecule has 1 amide bonds. The van der Waals surface area contributed by atoms with Crippen LogP contribution < -0.4 is 9.50 Å². The van der Waals surface area contributed by atoms with Gasteiger partial charge < -0.3 is 19.0 Å². The smallest absolute Gasteiger partial charge is 0.407 e. The number of carbonyl (C=O) groups is 1. The summed E-state index contributed by atoms with van der Waals surface area (Å²) < 4.78 is 40.5. The second kappa shape index (κ2) is 9.95. The Kier molecular flexibility index (Phi) is 7.86. The van der Waals surface area contributed by atoms with Gasteiger partial charge in [-0.3, -0.25) is 0 Å². The van der Waals surface area contributed by atoms with Gasteiger partial charge in [0.15, 0.2) is 0 Å². The molecular weight excluding hydrogens is 406 g/mol. The highest BCUT2D eigenvalue weighted by Crippen LogP contribution is 2.20. The average Bonchev–Trinajstić information content (AvgIpc) is 2.62. The molecule has 164 valence electrons. The van der Waals surface area contributed by atoms with E-state index >= 15 is 0 Å². The Bertz CT molecular complexity index is 931. The molecule has 8 heteroatoms. The van der Waals surface area contributed by atoms with Gasteiger partial charge in [-0.15, -0.1) is 0 Å². The lowest BCUT2D eigenvalue weighted by Crippen LogP contribution is -2.42. The topological polar surface area (TPSA) is 90.9 Å². The largest absolute Gasteiger partial charge is 0.444 e. The number of methoxy groups -OCH3 is 1. The van der Waals surface area contributed by atoms with E-state index in [1.54, 1.807) is 64.3 Å². The minimum absolute atomic E-state index is 0.0962. The Labute approximate surface area is 178 Å². The Morgan fingerprint density at radius 2 is 1.63 bits per heavy atom. The highest BCUT2D eigenvalue weighted by Gasteiger charge is 2.20. The SMILES string of the molecule is COCC(Cc1ccc(OS(=O)(=O)c2ccc(C)cc2)cc1)NC(=O)OC(C)(C)C. The van der Waals surface area contributed by atoms with E-state index in [0.29, 0.717) is 13.0 Å². The van der Waals surface area contributed by atoms with E-state index in [0.717, 1.165) is 11.1 Å². The zero-order valence-electron chi connectivity index (χ0n) is 18.0. The number of nitrogens with one attached hydrogen (secondary N) is 1. The van der Waals surface area contributed by atoms with Crippen LogP contribution in [0.2, 0.25) is 0 Å². The van der Waals surface area contributed by atoms with Gasteiger partial charge in [-0.25, -0.2) is 4.79 Å². The maximum absolute atomic E-state index is 12.4. The van der Waals surface area contributed by atoms with Gasteiger partial charge in [0.2, 0.25) is 0 Å². The number of ether oxygens (including phenoxy) is 2. The lowest BCUT2D eigenvalue weighted by atomic mass is 10.1. The molecule has 0 fully saturated rings. The number of carbonyl (C=O) groups excluding carboxylic acids is 1. The van der Waals surface area contributed by atoms with Gasteiger partial charge in [0.1, 0.15) is 16.2 Å². The van der Waals surface area contributed by atoms with Crippen molar-refractivity contribution in [2.45, 2.75) is 50.7 Å². The third kappa shape index (κ3) is 7.68. The lowest BCUT2D eigenvalue weighted by molar-refractivity contribution is 0.0469. The highest BCUT2D eigenvalue weighted by molar-refractivity contribution is 7.87. The summed E-state index contributed by atoms with van der Waals surface area (Å²) >= 11 is 0. The summed E-state index contributed by atoms with van der Waals surface area (Å²) in [5.41, 5.74) is 1.25. The number of aryl methyl sites for hydroxylation is 1. The molecule has 2 aromatic rings. The molecule has 0 spiro atoms. The first-order valence-electron chi connectivity index (χ1n) is 9.57. The van der Waals surface area contributed by atoms with Crippen molar-refractivity contribution in [1.29, 1.82) is 0 Å². The number of amides is 1. The van der Waals surface area contributed by atoms with Crippen molar-refractivity contribution >= 4 is 16.2 Å². The summed E-state index contributed by atoms with van der Waals surface area (Å²) in [6.07, 6.45) is -0.0355. The molecule has 0 aromatic heterocycles. The summed E-state index contributed by atoms with van der Waals surface area (Å²) in [5, 5.41) is 2.79. The van der Waals surface area contributed by atoms with Crippen molar-refractivity contribution in [2.75, 3.05) is 13.7 Å². The van der Waals surface area contributed by atoms with Crippen LogP contribution in [-0.4, -0.2) is 39.9 Å². The van der Waals surface area contributed by atoms with Crippen molar-refractivity contribution < 1.29 is 26.9 Å². The van der Waals surface area contributed by atoms with Crippen LogP contribution in [0.1, 0.15) is 31.9 Å². The van der Waals surface area contributed by atoms with Gasteiger partial charge in [-0.05, 0) is 63.9 Å². The van der Waals surface area contributed by atoms with Gasteiger partial charge in [-0.1, -0.05) is 29.8 Å². The Morgan fingerprint density at radius 1 is 1.03 bits per heavy atom. The predicted molar refractivity (Wildman–Crippen MR) is 114 cm³/mol. The third-order valence-corrected chi connectivity index (χ3v) is 5.27. The summed E-state index contributed by atoms with van der Waals surface area (Å²) in [4.78, 5) is 12.1. The summed E-state index contributed by atoms with van der Waals surface area (Å²) in [6.45, 7) is 7.56. The van der Waals surface area contributed by atoms with E-state index in [-0.39, 0.29) is 16.7 Å². The molecule has 2 rings (SSSR count). The Hall–Kier alpha value is -2.58. The normalized spacial score (nSPS) is 12.8. The first-order chi connectivity index (χ1) is 14.0. The number of alkyl carbamates (subject to hydrolysis) is 1. The van der Waals surface area contributed by atoms with Gasteiger partial charge in [-0.2, -0.15) is 8.42 Å². The summed E-state index contributed by atoms with van der Waals surface area (Å²) in [7, 11) is -2.35. The fourth-order valence-corrected chi connectivity index (χ4v) is 3.60. The van der Waals surface area contributed by atoms with Crippen molar-refractivity contribution in [3.8, 4) is 5.75 Å². The van der Waals surface area contributed by atoms with Crippen molar-refractivity contribution in [1.82, 2.24) is 5.32 Å². The van der Waals surface area contributed by atoms with Crippen molar-refractivity contribution in [3.63, 3.8) is 0 Å². The van der Waals surface area contributed by atoms with Crippen LogP contribution in [0.15, 0.2) is 53.4 Å². The maximum Gasteiger partial charge on any atom is 0.407 e. The van der Waals surface area contributed by atoms with Crippen LogP contribution in [0.3, 0.4) is 0 Å². The van der Waals surface area contributed by atoms with Gasteiger partial charge in [0.25, 0.3) is 0 Å². The second-order valence-corrected chi connectivity index (χ2v) is 9.54. The van der Waals surface area contributed by atoms with Crippen LogP contribution >= 0.6 is 0 Å². The molecule has 1 unspecified atom stereocenters. The summed E-state index contributed by atoms with van der Waals surface area (Å²) in [5.74, 6) is 0.211. The Balaban J connectivity index is 2.02. The van der Waals surface area contributed by atoms with Crippen molar-refractivity contribution in [2.24, 2.45) is 0 Å². The van der Waals surface area contributed by atoms with Crippen LogP contribution in [-0.2, 0) is 26.0 Å². The quantitative estimate of drug-likeness (QED) is 0.634. The van der Waals surface area contributed by atoms with Gasteiger partial charge in [0.05, 0.1) is 12.6 Å². The molecule has 0 radical (unpaired) electrons. The van der Waals surface area contributed by atoms with E-state index in [1.807, 2.05) is 6.92 Å². The molecule has 0 bridgehead atoms. The van der Waals surface area contributed by atoms with E-state index in [9.17, 15) is 13.2 Å². The molecule has 30 heavy (non-hydrogen) atoms. The van der Waals surface area contributed by atoms with Gasteiger partial charge >= 0.3 is 16.2 Å². The second-order valence-electron chi connectivity index (χ2n) is 8.00. The number of benzene rings is 2. The molecule has 0 aliphatic rings. The van der Waals surface area contributed by atoms with E-state index in [4.69, 9.17) is 13.7 Å². The van der Waals surface area contributed by atoms with Crippen LogP contribution in [0.5, 0.6) is 5.75 Å². The fourth-order valence-electron chi connectivity index (χ4n) is 2.67. The molecule has 0 saturated heterocycles. The van der Waals surface area contributed by atoms with Crippen LogP contribution in [0.25, 0.3) is 0 Å². The molecule has 0 aliphatic heterocycles. The number of rotatable bonds is 8. The van der Waals surface area contributed by atoms with E-state index in [1.165, 1.54) is 12.1 Å². The minimum Gasteiger partial charge on any atom is -0.444 e. The zero-order valence-corrected chi connectivity index (χ0v) is 18.8. The highest BCUT2D eigenvalue weighted by atomic mass is 32.2. The number of hydrogen-bond donors (Lipinski definition) is 1. The first kappa shape index (κ1) is 23.7. The van der Waals surface area contributed by atoms with Crippen LogP contribution in [0, 0.1) is 6.92 Å². The lowest BCUT2D eigenvalue weighted by Gasteiger charge is -2.23. The summed E-state index contributed by atoms with van der Waals surface area (Å²) in [6, 6.07) is 12.8. The Morgan fingerprint density at radius 3 is 2.17 bits per heavy atom. The fraction of sp³-hybridized carbons (Fsp3) is 0.409. The number of hydrogen-bond acceptors (Lipinski definition) is 6. The average molecular weight is 436 g/mol. The molecule has 1 N–H and O–H groups in total. The predicted octanol–water partition coefficient (Wildman–Crippen LogP) is 3.84. The molecular formula is C22H29NO6S. The van der Waals surface area contributed by atoms with E-state index in [2.05, 4.69) is 5.32 Å². The maximum atomic E-state index is 12.4. The van der Waals surface area contributed by atoms with Crippen molar-refractivity contribution in [3.05, 3.63) is 59.7 Å². The van der Waals surface area contributed by atoms with Crippen LogP contribution in [0.4, 0.5) is 4.79 Å².